The first-order chi connectivity index (χ1) is 10.2. The molecule has 0 saturated carbocycles. The summed E-state index contributed by atoms with van der Waals surface area (Å²) in [5, 5.41) is 13.7. The van der Waals surface area contributed by atoms with Gasteiger partial charge in [-0.05, 0) is 33.0 Å². The molecule has 2 heterocycles. The van der Waals surface area contributed by atoms with Gasteiger partial charge in [-0.3, -0.25) is 9.36 Å². The van der Waals surface area contributed by atoms with Gasteiger partial charge in [0, 0.05) is 18.5 Å². The van der Waals surface area contributed by atoms with Crippen molar-refractivity contribution in [3.05, 3.63) is 47.4 Å². The molecule has 21 heavy (non-hydrogen) atoms. The summed E-state index contributed by atoms with van der Waals surface area (Å²) >= 11 is 0. The number of rotatable bonds is 5. The van der Waals surface area contributed by atoms with Gasteiger partial charge in [-0.15, -0.1) is 0 Å². The van der Waals surface area contributed by atoms with E-state index in [1.165, 1.54) is 16.6 Å². The maximum Gasteiger partial charge on any atom is 0.0841 e. The first-order valence-electron chi connectivity index (χ1n) is 7.35. The van der Waals surface area contributed by atoms with E-state index >= 15 is 0 Å². The van der Waals surface area contributed by atoms with Crippen molar-refractivity contribution in [3.8, 4) is 0 Å². The third kappa shape index (κ3) is 2.56. The van der Waals surface area contributed by atoms with Gasteiger partial charge in [0.15, 0.2) is 0 Å². The number of nitrogens with zero attached hydrogens (tertiary/aromatic N) is 4. The van der Waals surface area contributed by atoms with Gasteiger partial charge in [0.25, 0.3) is 0 Å². The summed E-state index contributed by atoms with van der Waals surface area (Å²) in [5.74, 6) is 0. The van der Waals surface area contributed by atoms with Gasteiger partial charge in [-0.2, -0.15) is 10.2 Å². The topological polar surface area (TPSA) is 47.7 Å². The largest absolute Gasteiger partial charge is 0.314 e. The molecule has 0 aliphatic carbocycles. The Bertz CT molecular complexity index is 753. The Morgan fingerprint density at radius 3 is 2.71 bits per heavy atom. The van der Waals surface area contributed by atoms with E-state index < -0.39 is 0 Å². The normalized spacial score (nSPS) is 11.4. The van der Waals surface area contributed by atoms with Crippen LogP contribution in [0.15, 0.2) is 30.3 Å². The van der Waals surface area contributed by atoms with Crippen molar-refractivity contribution in [2.24, 2.45) is 0 Å². The second kappa shape index (κ2) is 5.69. The Kier molecular flexibility index (Phi) is 3.75. The lowest BCUT2D eigenvalue weighted by Gasteiger charge is -2.06. The van der Waals surface area contributed by atoms with E-state index in [1.54, 1.807) is 0 Å². The molecule has 110 valence electrons. The minimum Gasteiger partial charge on any atom is -0.314 e. The van der Waals surface area contributed by atoms with Gasteiger partial charge in [0.1, 0.15) is 0 Å². The van der Waals surface area contributed by atoms with Gasteiger partial charge >= 0.3 is 0 Å². The summed E-state index contributed by atoms with van der Waals surface area (Å²) in [5.41, 5.74) is 4.51. The minimum atomic E-state index is 0.749. The van der Waals surface area contributed by atoms with Crippen LogP contribution in [-0.4, -0.2) is 26.6 Å². The number of fused-ring (bicyclic) bond motifs is 1. The summed E-state index contributed by atoms with van der Waals surface area (Å²) in [4.78, 5) is 0. The highest BCUT2D eigenvalue weighted by molar-refractivity contribution is 5.82. The quantitative estimate of drug-likeness (QED) is 0.782. The van der Waals surface area contributed by atoms with Crippen molar-refractivity contribution in [3.63, 3.8) is 0 Å². The molecule has 2 aromatic heterocycles. The molecule has 0 aliphatic heterocycles. The predicted molar refractivity (Wildman–Crippen MR) is 84.2 cm³/mol. The highest BCUT2D eigenvalue weighted by Crippen LogP contribution is 2.19. The Morgan fingerprint density at radius 1 is 1.14 bits per heavy atom. The van der Waals surface area contributed by atoms with Crippen LogP contribution in [0.4, 0.5) is 0 Å². The number of hydrogen-bond donors (Lipinski definition) is 1. The minimum absolute atomic E-state index is 0.749. The predicted octanol–water partition coefficient (Wildman–Crippen LogP) is 2.33. The van der Waals surface area contributed by atoms with E-state index in [-0.39, 0.29) is 0 Å². The molecule has 5 nitrogen and oxygen atoms in total. The van der Waals surface area contributed by atoms with Crippen LogP contribution in [0.1, 0.15) is 24.0 Å². The maximum absolute atomic E-state index is 4.77. The summed E-state index contributed by atoms with van der Waals surface area (Å²) in [6.45, 7) is 6.55. The molecule has 0 bridgehead atoms. The Hall–Kier alpha value is -2.14. The molecule has 0 spiro atoms. The third-order valence-corrected chi connectivity index (χ3v) is 3.68. The monoisotopic (exact) mass is 283 g/mol. The van der Waals surface area contributed by atoms with E-state index in [0.29, 0.717) is 0 Å². The molecule has 0 radical (unpaired) electrons. The zero-order valence-electron chi connectivity index (χ0n) is 12.8. The number of aromatic nitrogens is 4. The molecule has 0 saturated heterocycles. The van der Waals surface area contributed by atoms with Gasteiger partial charge in [0.05, 0.1) is 29.1 Å². The Labute approximate surface area is 124 Å². The molecule has 0 aliphatic rings. The summed E-state index contributed by atoms with van der Waals surface area (Å²) < 4.78 is 4.12. The average Bonchev–Trinajstić information content (AvgIpc) is 3.01. The maximum atomic E-state index is 4.77. The molecule has 1 N–H and O–H groups in total. The van der Waals surface area contributed by atoms with Crippen LogP contribution in [0.5, 0.6) is 0 Å². The second-order valence-electron chi connectivity index (χ2n) is 5.24. The number of hydrogen-bond acceptors (Lipinski definition) is 3. The number of para-hydroxylation sites is 1. The summed E-state index contributed by atoms with van der Waals surface area (Å²) in [7, 11) is 1.95. The van der Waals surface area contributed by atoms with Crippen LogP contribution < -0.4 is 5.32 Å². The third-order valence-electron chi connectivity index (χ3n) is 3.68. The van der Waals surface area contributed by atoms with Crippen molar-refractivity contribution in [2.75, 3.05) is 7.05 Å². The van der Waals surface area contributed by atoms with E-state index in [0.717, 1.165) is 31.0 Å². The lowest BCUT2D eigenvalue weighted by Crippen LogP contribution is -2.10. The van der Waals surface area contributed by atoms with E-state index in [9.17, 15) is 0 Å². The van der Waals surface area contributed by atoms with Crippen LogP contribution in [-0.2, 0) is 19.6 Å². The molecular formula is C16H21N5. The van der Waals surface area contributed by atoms with Gasteiger partial charge in [-0.25, -0.2) is 0 Å². The fourth-order valence-corrected chi connectivity index (χ4v) is 2.77. The summed E-state index contributed by atoms with van der Waals surface area (Å²) in [6, 6.07) is 10.5. The molecule has 3 rings (SSSR count). The molecule has 1 aromatic carbocycles. The lowest BCUT2D eigenvalue weighted by atomic mass is 10.2. The molecule has 0 fully saturated rings. The molecule has 0 amide bonds. The molecular weight excluding hydrogens is 262 g/mol. The Balaban J connectivity index is 2.04. The SMILES string of the molecule is CCn1nc(C)cc1Cn1nc(CNC)c2ccccc21. The van der Waals surface area contributed by atoms with Crippen LogP contribution >= 0.6 is 0 Å². The average molecular weight is 283 g/mol. The van der Waals surface area contributed by atoms with Gasteiger partial charge in [-0.1, -0.05) is 18.2 Å². The van der Waals surface area contributed by atoms with E-state index in [2.05, 4.69) is 52.4 Å². The van der Waals surface area contributed by atoms with Crippen molar-refractivity contribution < 1.29 is 0 Å². The molecule has 5 heteroatoms. The molecule has 3 aromatic rings. The molecule has 0 unspecified atom stereocenters. The van der Waals surface area contributed by atoms with Crippen molar-refractivity contribution in [2.45, 2.75) is 33.5 Å². The zero-order chi connectivity index (χ0) is 14.8. The number of aryl methyl sites for hydroxylation is 2. The van der Waals surface area contributed by atoms with Gasteiger partial charge in [0.2, 0.25) is 0 Å². The standard InChI is InChI=1S/C16H21N5/c1-4-20-13(9-12(2)18-20)11-21-16-8-6-5-7-14(16)15(19-21)10-17-3/h5-9,17H,4,10-11H2,1-3H3. The van der Waals surface area contributed by atoms with Crippen LogP contribution in [0.3, 0.4) is 0 Å². The fourth-order valence-electron chi connectivity index (χ4n) is 2.77. The van der Waals surface area contributed by atoms with Crippen LogP contribution in [0.25, 0.3) is 10.9 Å². The van der Waals surface area contributed by atoms with E-state index in [4.69, 9.17) is 5.10 Å². The first kappa shape index (κ1) is 13.8. The highest BCUT2D eigenvalue weighted by Gasteiger charge is 2.12. The number of benzene rings is 1. The van der Waals surface area contributed by atoms with Crippen molar-refractivity contribution >= 4 is 10.9 Å². The van der Waals surface area contributed by atoms with Crippen molar-refractivity contribution in [1.29, 1.82) is 0 Å². The molecule has 0 atom stereocenters. The van der Waals surface area contributed by atoms with Crippen LogP contribution in [0.2, 0.25) is 0 Å². The fraction of sp³-hybridized carbons (Fsp3) is 0.375. The second-order valence-corrected chi connectivity index (χ2v) is 5.24. The summed E-state index contributed by atoms with van der Waals surface area (Å²) in [6.07, 6.45) is 0. The lowest BCUT2D eigenvalue weighted by molar-refractivity contribution is 0.578. The smallest absolute Gasteiger partial charge is 0.0841 e. The zero-order valence-corrected chi connectivity index (χ0v) is 12.8. The van der Waals surface area contributed by atoms with Crippen LogP contribution in [0, 0.1) is 6.92 Å². The Morgan fingerprint density at radius 2 is 1.95 bits per heavy atom. The highest BCUT2D eigenvalue weighted by atomic mass is 15.3. The number of nitrogens with one attached hydrogen (secondary N) is 1. The van der Waals surface area contributed by atoms with Crippen molar-refractivity contribution in [1.82, 2.24) is 24.9 Å². The van der Waals surface area contributed by atoms with E-state index in [1.807, 2.05) is 18.7 Å². The van der Waals surface area contributed by atoms with Gasteiger partial charge < -0.3 is 5.32 Å². The first-order valence-corrected chi connectivity index (χ1v) is 7.35.